The summed E-state index contributed by atoms with van der Waals surface area (Å²) in [6.07, 6.45) is 8.83. The van der Waals surface area contributed by atoms with Crippen LogP contribution in [0.5, 0.6) is 0 Å². The van der Waals surface area contributed by atoms with E-state index in [9.17, 15) is 0 Å². The normalized spacial score (nSPS) is 17.8. The van der Waals surface area contributed by atoms with Gasteiger partial charge in [-0.1, -0.05) is 6.92 Å². The van der Waals surface area contributed by atoms with Crippen LogP contribution in [0, 0.1) is 0 Å². The van der Waals surface area contributed by atoms with Gasteiger partial charge in [0.1, 0.15) is 0 Å². The molecule has 0 N–H and O–H groups in total. The second-order valence-electron chi connectivity index (χ2n) is 5.28. The Morgan fingerprint density at radius 2 is 1.95 bits per heavy atom. The Hall–Kier alpha value is -0.860. The van der Waals surface area contributed by atoms with Crippen molar-refractivity contribution < 1.29 is 0 Å². The smallest absolute Gasteiger partial charge is 0.0744 e. The van der Waals surface area contributed by atoms with Crippen molar-refractivity contribution in [2.24, 2.45) is 0 Å². The molecule has 0 spiro atoms. The molecule has 1 aliphatic carbocycles. The van der Waals surface area contributed by atoms with Gasteiger partial charge < -0.3 is 0 Å². The first-order chi connectivity index (χ1) is 9.25. The zero-order valence-corrected chi connectivity index (χ0v) is 12.7. The number of hydrogen-bond donors (Lipinski definition) is 0. The number of nitrogens with zero attached hydrogens (tertiary/aromatic N) is 1. The minimum absolute atomic E-state index is 0.0676. The van der Waals surface area contributed by atoms with E-state index in [0.29, 0.717) is 5.92 Å². The van der Waals surface area contributed by atoms with Crippen LogP contribution in [0.15, 0.2) is 30.6 Å². The molecule has 0 bridgehead atoms. The third-order valence-electron chi connectivity index (χ3n) is 3.96. The maximum Gasteiger partial charge on any atom is 0.0744 e. The van der Waals surface area contributed by atoms with Crippen LogP contribution in [0.1, 0.15) is 51.9 Å². The highest BCUT2D eigenvalue weighted by Gasteiger charge is 2.23. The Balaban J connectivity index is 1.83. The molecule has 2 atom stereocenters. The lowest BCUT2D eigenvalue weighted by atomic mass is 9.95. The van der Waals surface area contributed by atoms with Gasteiger partial charge in [-0.2, -0.15) is 0 Å². The number of pyridine rings is 1. The number of hydrogen-bond acceptors (Lipinski definition) is 2. The number of thiophene rings is 1. The van der Waals surface area contributed by atoms with Gasteiger partial charge in [0.25, 0.3) is 0 Å². The highest BCUT2D eigenvalue weighted by atomic mass is 35.5. The van der Waals surface area contributed by atoms with E-state index in [1.165, 1.54) is 36.1 Å². The fraction of sp³-hybridized carbons (Fsp3) is 0.438. The van der Waals surface area contributed by atoms with E-state index in [0.717, 1.165) is 0 Å². The van der Waals surface area contributed by atoms with Crippen LogP contribution in [0.25, 0.3) is 0 Å². The summed E-state index contributed by atoms with van der Waals surface area (Å²) in [4.78, 5) is 6.97. The lowest BCUT2D eigenvalue weighted by Gasteiger charge is -2.16. The molecule has 2 aromatic rings. The van der Waals surface area contributed by atoms with E-state index >= 15 is 0 Å². The Morgan fingerprint density at radius 3 is 2.68 bits per heavy atom. The van der Waals surface area contributed by atoms with Gasteiger partial charge in [0.2, 0.25) is 0 Å². The number of halogens is 1. The summed E-state index contributed by atoms with van der Waals surface area (Å²) in [5.41, 5.74) is 2.81. The van der Waals surface area contributed by atoms with Crippen molar-refractivity contribution in [3.8, 4) is 0 Å². The maximum atomic E-state index is 6.70. The summed E-state index contributed by atoms with van der Waals surface area (Å²) >= 11 is 8.62. The zero-order chi connectivity index (χ0) is 13.2. The fourth-order valence-electron chi connectivity index (χ4n) is 2.73. The van der Waals surface area contributed by atoms with Gasteiger partial charge in [-0.05, 0) is 55.0 Å². The van der Waals surface area contributed by atoms with Crippen molar-refractivity contribution in [1.82, 2.24) is 4.98 Å². The predicted molar refractivity (Wildman–Crippen MR) is 82.2 cm³/mol. The van der Waals surface area contributed by atoms with Crippen molar-refractivity contribution >= 4 is 22.9 Å². The highest BCUT2D eigenvalue weighted by molar-refractivity contribution is 7.12. The van der Waals surface area contributed by atoms with E-state index in [1.54, 1.807) is 10.4 Å². The average molecular weight is 292 g/mol. The predicted octanol–water partition coefficient (Wildman–Crippen LogP) is 5.11. The Labute approximate surface area is 123 Å². The number of rotatable bonds is 3. The van der Waals surface area contributed by atoms with Crippen LogP contribution in [-0.2, 0) is 12.8 Å². The molecule has 19 heavy (non-hydrogen) atoms. The van der Waals surface area contributed by atoms with Crippen LogP contribution >= 0.6 is 22.9 Å². The lowest BCUT2D eigenvalue weighted by molar-refractivity contribution is 0.696. The van der Waals surface area contributed by atoms with E-state index < -0.39 is 0 Å². The highest BCUT2D eigenvalue weighted by Crippen LogP contribution is 2.41. The van der Waals surface area contributed by atoms with Crippen molar-refractivity contribution in [3.63, 3.8) is 0 Å². The van der Waals surface area contributed by atoms with Crippen LogP contribution < -0.4 is 0 Å². The molecule has 0 fully saturated rings. The van der Waals surface area contributed by atoms with Crippen molar-refractivity contribution in [3.05, 3.63) is 51.5 Å². The molecule has 0 radical (unpaired) electrons. The van der Waals surface area contributed by atoms with Gasteiger partial charge in [0.15, 0.2) is 0 Å². The minimum atomic E-state index is 0.0676. The van der Waals surface area contributed by atoms with Gasteiger partial charge in [-0.3, -0.25) is 4.98 Å². The van der Waals surface area contributed by atoms with Gasteiger partial charge in [-0.15, -0.1) is 22.9 Å². The van der Waals surface area contributed by atoms with Crippen LogP contribution in [0.4, 0.5) is 0 Å². The largest absolute Gasteiger partial charge is 0.265 e. The summed E-state index contributed by atoms with van der Waals surface area (Å²) in [5.74, 6) is 0.324. The third-order valence-corrected chi connectivity index (χ3v) is 6.02. The Kier molecular flexibility index (Phi) is 3.90. The molecule has 0 saturated heterocycles. The molecule has 2 unspecified atom stereocenters. The van der Waals surface area contributed by atoms with Crippen LogP contribution in [0.3, 0.4) is 0 Å². The lowest BCUT2D eigenvalue weighted by Crippen LogP contribution is -2.01. The molecule has 2 heterocycles. The zero-order valence-electron chi connectivity index (χ0n) is 11.1. The quantitative estimate of drug-likeness (QED) is 0.717. The summed E-state index contributed by atoms with van der Waals surface area (Å²) in [5, 5.41) is 0.0676. The summed E-state index contributed by atoms with van der Waals surface area (Å²) in [6, 6.07) is 6.47. The fourth-order valence-corrected chi connectivity index (χ4v) is 4.41. The van der Waals surface area contributed by atoms with Gasteiger partial charge >= 0.3 is 0 Å². The molecule has 2 aromatic heterocycles. The Bertz CT molecular complexity index is 526. The number of alkyl halides is 1. The van der Waals surface area contributed by atoms with E-state index in [4.69, 9.17) is 11.6 Å². The molecular weight excluding hydrogens is 274 g/mol. The molecule has 0 saturated carbocycles. The molecular formula is C16H18ClNS. The molecule has 0 aliphatic heterocycles. The molecule has 1 nitrogen and oxygen atoms in total. The first kappa shape index (κ1) is 13.1. The number of fused-ring (bicyclic) bond motifs is 1. The maximum absolute atomic E-state index is 6.70. The van der Waals surface area contributed by atoms with Gasteiger partial charge in [0, 0.05) is 28.1 Å². The van der Waals surface area contributed by atoms with E-state index in [1.807, 2.05) is 23.7 Å². The molecule has 100 valence electrons. The molecule has 3 rings (SSSR count). The second-order valence-corrected chi connectivity index (χ2v) is 6.91. The van der Waals surface area contributed by atoms with E-state index in [2.05, 4.69) is 30.1 Å². The minimum Gasteiger partial charge on any atom is -0.265 e. The van der Waals surface area contributed by atoms with Crippen LogP contribution in [0.2, 0.25) is 0 Å². The van der Waals surface area contributed by atoms with Crippen LogP contribution in [-0.4, -0.2) is 4.98 Å². The summed E-state index contributed by atoms with van der Waals surface area (Å²) < 4.78 is 0. The summed E-state index contributed by atoms with van der Waals surface area (Å²) in [6.45, 7) is 2.20. The topological polar surface area (TPSA) is 12.9 Å². The number of aromatic nitrogens is 1. The summed E-state index contributed by atoms with van der Waals surface area (Å²) in [7, 11) is 0. The molecule has 1 aliphatic rings. The standard InChI is InChI=1S/C16H18ClNS/c1-11(12-6-8-18-9-7-12)16(17)15-10-13-4-2-3-5-14(13)19-15/h6-11,16H,2-5H2,1H3. The third kappa shape index (κ3) is 2.70. The first-order valence-corrected chi connectivity index (χ1v) is 8.16. The average Bonchev–Trinajstić information content (AvgIpc) is 2.90. The SMILES string of the molecule is CC(c1ccncc1)C(Cl)c1cc2c(s1)CCCC2. The second kappa shape index (κ2) is 5.64. The van der Waals surface area contributed by atoms with E-state index in [-0.39, 0.29) is 5.38 Å². The van der Waals surface area contributed by atoms with Gasteiger partial charge in [0.05, 0.1) is 5.38 Å². The van der Waals surface area contributed by atoms with Crippen molar-refractivity contribution in [1.29, 1.82) is 0 Å². The van der Waals surface area contributed by atoms with Crippen molar-refractivity contribution in [2.75, 3.05) is 0 Å². The first-order valence-electron chi connectivity index (χ1n) is 6.91. The monoisotopic (exact) mass is 291 g/mol. The Morgan fingerprint density at radius 1 is 1.21 bits per heavy atom. The number of aryl methyl sites for hydroxylation is 2. The molecule has 0 aromatic carbocycles. The van der Waals surface area contributed by atoms with Gasteiger partial charge in [-0.25, -0.2) is 0 Å². The van der Waals surface area contributed by atoms with Crippen molar-refractivity contribution in [2.45, 2.75) is 43.9 Å². The molecule has 0 amide bonds. The molecule has 3 heteroatoms.